The molecule has 0 radical (unpaired) electrons. The maximum atomic E-state index is 14.7. The number of fused-ring (bicyclic) bond motifs is 1. The van der Waals surface area contributed by atoms with Crippen LogP contribution in [0.15, 0.2) is 12.4 Å². The first-order chi connectivity index (χ1) is 14.5. The predicted molar refractivity (Wildman–Crippen MR) is 110 cm³/mol. The molecule has 166 valence electrons. The largest absolute Gasteiger partial charge is 0.369 e. The third-order valence-electron chi connectivity index (χ3n) is 7.24. The summed E-state index contributed by atoms with van der Waals surface area (Å²) < 4.78 is 33.4. The average molecular weight is 423 g/mol. The van der Waals surface area contributed by atoms with E-state index in [9.17, 15) is 8.78 Å². The Kier molecular flexibility index (Phi) is 5.64. The molecule has 30 heavy (non-hydrogen) atoms. The van der Waals surface area contributed by atoms with Crippen LogP contribution in [0.3, 0.4) is 0 Å². The number of halogens is 2. The van der Waals surface area contributed by atoms with Crippen molar-refractivity contribution in [1.29, 1.82) is 0 Å². The van der Waals surface area contributed by atoms with Gasteiger partial charge in [-0.1, -0.05) is 0 Å². The van der Waals surface area contributed by atoms with Crippen molar-refractivity contribution >= 4 is 5.82 Å². The number of hydrogen-bond acceptors (Lipinski definition) is 7. The molecule has 3 heterocycles. The van der Waals surface area contributed by atoms with Gasteiger partial charge >= 0.3 is 0 Å². The lowest BCUT2D eigenvalue weighted by Crippen LogP contribution is -2.47. The zero-order chi connectivity index (χ0) is 20.7. The summed E-state index contributed by atoms with van der Waals surface area (Å²) in [7, 11) is 0. The Morgan fingerprint density at radius 3 is 2.70 bits per heavy atom. The third kappa shape index (κ3) is 4.17. The molecular weight excluding hydrogens is 390 g/mol. The van der Waals surface area contributed by atoms with Crippen LogP contribution in [0.5, 0.6) is 0 Å². The van der Waals surface area contributed by atoms with Crippen LogP contribution in [0.2, 0.25) is 0 Å². The van der Waals surface area contributed by atoms with E-state index in [4.69, 9.17) is 4.74 Å². The molecule has 0 spiro atoms. The Morgan fingerprint density at radius 2 is 1.97 bits per heavy atom. The molecule has 0 amide bonds. The number of aromatic nitrogens is 2. The molecular formula is C21H32F2N6O. The Labute approximate surface area is 176 Å². The first-order valence-electron chi connectivity index (χ1n) is 11.2. The van der Waals surface area contributed by atoms with Gasteiger partial charge in [0.05, 0.1) is 23.4 Å². The van der Waals surface area contributed by atoms with Crippen LogP contribution >= 0.6 is 0 Å². The van der Waals surface area contributed by atoms with E-state index >= 15 is 0 Å². The molecule has 2 saturated carbocycles. The lowest BCUT2D eigenvalue weighted by molar-refractivity contribution is -0.0886. The molecule has 7 nitrogen and oxygen atoms in total. The Morgan fingerprint density at radius 1 is 1.17 bits per heavy atom. The van der Waals surface area contributed by atoms with E-state index in [2.05, 4.69) is 37.5 Å². The highest BCUT2D eigenvalue weighted by molar-refractivity contribution is 5.40. The fourth-order valence-electron chi connectivity index (χ4n) is 5.09. The summed E-state index contributed by atoms with van der Waals surface area (Å²) in [5, 5.41) is 0. The summed E-state index contributed by atoms with van der Waals surface area (Å²) in [6.07, 6.45) is 3.55. The normalized spacial score (nSPS) is 36.0. The summed E-state index contributed by atoms with van der Waals surface area (Å²) in [6, 6.07) is 2.14. The Bertz CT molecular complexity index is 742. The van der Waals surface area contributed by atoms with Gasteiger partial charge in [0.15, 0.2) is 0 Å². The highest BCUT2D eigenvalue weighted by Crippen LogP contribution is 2.45. The first-order valence-corrected chi connectivity index (χ1v) is 11.2. The zero-order valence-electron chi connectivity index (χ0n) is 17.6. The van der Waals surface area contributed by atoms with Gasteiger partial charge in [-0.05, 0) is 32.6 Å². The number of ether oxygens (including phenoxy) is 1. The van der Waals surface area contributed by atoms with Gasteiger partial charge in [-0.3, -0.25) is 10.3 Å². The van der Waals surface area contributed by atoms with Crippen molar-refractivity contribution in [2.24, 2.45) is 5.92 Å². The highest BCUT2D eigenvalue weighted by Gasteiger charge is 2.50. The molecule has 0 bridgehead atoms. The van der Waals surface area contributed by atoms with Gasteiger partial charge in [0.2, 0.25) is 0 Å². The molecule has 2 saturated heterocycles. The quantitative estimate of drug-likeness (QED) is 0.724. The van der Waals surface area contributed by atoms with Gasteiger partial charge in [-0.25, -0.2) is 24.2 Å². The number of piperazine rings is 1. The second kappa shape index (κ2) is 8.26. The number of alkyl halides is 2. The summed E-state index contributed by atoms with van der Waals surface area (Å²) in [4.78, 5) is 13.4. The molecule has 4 aliphatic rings. The first kappa shape index (κ1) is 20.5. The molecule has 4 fully saturated rings. The molecule has 2 N–H and O–H groups in total. The summed E-state index contributed by atoms with van der Waals surface area (Å²) in [5.74, 6) is 1.14. The fraction of sp³-hybridized carbons (Fsp3) is 0.810. The van der Waals surface area contributed by atoms with Crippen molar-refractivity contribution in [2.45, 2.75) is 62.6 Å². The second-order valence-corrected chi connectivity index (χ2v) is 9.45. The van der Waals surface area contributed by atoms with Crippen LogP contribution in [0.4, 0.5) is 14.6 Å². The van der Waals surface area contributed by atoms with Crippen LogP contribution in [0, 0.1) is 5.92 Å². The molecule has 1 aromatic heterocycles. The number of rotatable bonds is 6. The second-order valence-electron chi connectivity index (χ2n) is 9.45. The van der Waals surface area contributed by atoms with Crippen LogP contribution in [-0.2, 0) is 4.74 Å². The van der Waals surface area contributed by atoms with Gasteiger partial charge < -0.3 is 9.64 Å². The van der Waals surface area contributed by atoms with Crippen molar-refractivity contribution in [1.82, 2.24) is 25.7 Å². The van der Waals surface area contributed by atoms with Crippen molar-refractivity contribution in [3.8, 4) is 0 Å². The van der Waals surface area contributed by atoms with E-state index in [1.54, 1.807) is 6.33 Å². The van der Waals surface area contributed by atoms with Gasteiger partial charge in [-0.15, -0.1) is 0 Å². The van der Waals surface area contributed by atoms with Crippen LogP contribution in [0.1, 0.15) is 44.3 Å². The van der Waals surface area contributed by atoms with Crippen LogP contribution < -0.4 is 15.8 Å². The third-order valence-corrected chi connectivity index (χ3v) is 7.24. The molecule has 5 atom stereocenters. The van der Waals surface area contributed by atoms with E-state index in [0.717, 1.165) is 50.5 Å². The minimum atomic E-state index is -0.932. The molecule has 1 aromatic rings. The van der Waals surface area contributed by atoms with Crippen molar-refractivity contribution in [3.05, 3.63) is 18.1 Å². The minimum absolute atomic E-state index is 0.00943. The number of nitrogens with one attached hydrogen (secondary N) is 2. The van der Waals surface area contributed by atoms with Gasteiger partial charge in [-0.2, -0.15) is 0 Å². The standard InChI is InChI=1S/C21H32F2N6O/c1-21(2-3-21)30-18-10-14-16(11-15(18)23)26-27-20(14)17-12-19(25-13-24-17)29-8-6-28(5-4-22)7-9-29/h12-16,18,20,26-27H,2-11H2,1H3. The van der Waals surface area contributed by atoms with Crippen molar-refractivity contribution in [3.63, 3.8) is 0 Å². The molecule has 0 aromatic carbocycles. The number of anilines is 1. The van der Waals surface area contributed by atoms with Gasteiger partial charge in [0.1, 0.15) is 25.0 Å². The minimum Gasteiger partial charge on any atom is -0.369 e. The zero-order valence-corrected chi connectivity index (χ0v) is 17.6. The van der Waals surface area contributed by atoms with Crippen LogP contribution in [0.25, 0.3) is 0 Å². The fourth-order valence-corrected chi connectivity index (χ4v) is 5.09. The lowest BCUT2D eigenvalue weighted by atomic mass is 9.78. The number of nitrogens with zero attached hydrogens (tertiary/aromatic N) is 4. The number of hydrogen-bond donors (Lipinski definition) is 2. The maximum absolute atomic E-state index is 14.7. The topological polar surface area (TPSA) is 65.6 Å². The Hall–Kier alpha value is -1.42. The number of hydrazine groups is 1. The smallest absolute Gasteiger partial charge is 0.132 e. The summed E-state index contributed by atoms with van der Waals surface area (Å²) in [6.45, 7) is 5.62. The Balaban J connectivity index is 1.27. The van der Waals surface area contributed by atoms with E-state index in [1.165, 1.54) is 0 Å². The molecule has 9 heteroatoms. The van der Waals surface area contributed by atoms with E-state index in [-0.39, 0.29) is 36.4 Å². The monoisotopic (exact) mass is 422 g/mol. The molecule has 2 aliphatic carbocycles. The van der Waals surface area contributed by atoms with Crippen molar-refractivity contribution in [2.75, 3.05) is 44.3 Å². The predicted octanol–water partition coefficient (Wildman–Crippen LogP) is 1.77. The van der Waals surface area contributed by atoms with E-state index in [0.29, 0.717) is 19.4 Å². The van der Waals surface area contributed by atoms with Crippen molar-refractivity contribution < 1.29 is 13.5 Å². The maximum Gasteiger partial charge on any atom is 0.132 e. The van der Waals surface area contributed by atoms with Gasteiger partial charge in [0.25, 0.3) is 0 Å². The molecule has 5 rings (SSSR count). The highest BCUT2D eigenvalue weighted by atomic mass is 19.1. The lowest BCUT2D eigenvalue weighted by Gasteiger charge is -2.37. The summed E-state index contributed by atoms with van der Waals surface area (Å²) in [5.41, 5.74) is 7.46. The van der Waals surface area contributed by atoms with Crippen LogP contribution in [-0.4, -0.2) is 78.2 Å². The van der Waals surface area contributed by atoms with E-state index in [1.807, 2.05) is 6.07 Å². The van der Waals surface area contributed by atoms with Gasteiger partial charge in [0, 0.05) is 50.7 Å². The SMILES string of the molecule is CC1(OC2CC3C(CC2F)NNC3c2cc(N3CCN(CCF)CC3)ncn2)CC1. The van der Waals surface area contributed by atoms with E-state index < -0.39 is 6.17 Å². The molecule has 2 aliphatic heterocycles. The molecule has 5 unspecified atom stereocenters. The summed E-state index contributed by atoms with van der Waals surface area (Å²) >= 11 is 0. The average Bonchev–Trinajstić information content (AvgIpc) is 3.34.